The molecule has 2 aromatic carbocycles. The molecule has 3 rings (SSSR count). The van der Waals surface area contributed by atoms with E-state index in [-0.39, 0.29) is 17.5 Å². The maximum absolute atomic E-state index is 13.1. The zero-order valence-electron chi connectivity index (χ0n) is 18.2. The van der Waals surface area contributed by atoms with Crippen molar-refractivity contribution < 1.29 is 18.0 Å². The molecule has 0 aliphatic carbocycles. The van der Waals surface area contributed by atoms with Crippen molar-refractivity contribution in [1.29, 1.82) is 0 Å². The van der Waals surface area contributed by atoms with Crippen LogP contribution in [0.1, 0.15) is 36.8 Å². The van der Waals surface area contributed by atoms with Crippen molar-refractivity contribution in [2.75, 3.05) is 18.4 Å². The highest BCUT2D eigenvalue weighted by atomic mass is 35.5. The van der Waals surface area contributed by atoms with Crippen LogP contribution in [0, 0.1) is 13.8 Å². The van der Waals surface area contributed by atoms with Gasteiger partial charge in [0.25, 0.3) is 0 Å². The summed E-state index contributed by atoms with van der Waals surface area (Å²) in [7, 11) is -3.66. The Kier molecular flexibility index (Phi) is 7.92. The number of sulfonamides is 1. The number of amides is 2. The fourth-order valence-electron chi connectivity index (χ4n) is 3.94. The molecule has 1 aliphatic heterocycles. The van der Waals surface area contributed by atoms with Gasteiger partial charge in [0, 0.05) is 29.8 Å². The van der Waals surface area contributed by atoms with Gasteiger partial charge in [-0.05, 0) is 68.5 Å². The highest BCUT2D eigenvalue weighted by Gasteiger charge is 2.33. The second-order valence-electron chi connectivity index (χ2n) is 7.98. The Labute approximate surface area is 194 Å². The Morgan fingerprint density at radius 1 is 1.03 bits per heavy atom. The summed E-state index contributed by atoms with van der Waals surface area (Å²) in [6, 6.07) is 11.5. The highest BCUT2D eigenvalue weighted by Crippen LogP contribution is 2.27. The molecule has 9 heteroatoms. The van der Waals surface area contributed by atoms with Crippen LogP contribution in [0.2, 0.25) is 5.02 Å². The molecule has 7 nitrogen and oxygen atoms in total. The Morgan fingerprint density at radius 3 is 2.34 bits per heavy atom. The normalized spacial score (nSPS) is 17.0. The van der Waals surface area contributed by atoms with Gasteiger partial charge in [0.05, 0.1) is 4.90 Å². The number of nitrogens with zero attached hydrogens (tertiary/aromatic N) is 1. The van der Waals surface area contributed by atoms with Crippen LogP contribution < -0.4 is 10.6 Å². The standard InChI is InChI=1S/C23H28ClN3O4S/c1-16-6-5-7-17(2)21(16)26-23(29)22(28)25-14-13-19-8-3-4-15-27(19)32(30,31)20-11-9-18(24)10-12-20/h5-7,9-12,19H,3-4,8,13-15H2,1-2H3,(H,25,28)(H,26,29)/t19-/m1/s1. The number of benzene rings is 2. The molecule has 0 bridgehead atoms. The molecule has 0 saturated carbocycles. The van der Waals surface area contributed by atoms with E-state index >= 15 is 0 Å². The molecule has 1 aliphatic rings. The summed E-state index contributed by atoms with van der Waals surface area (Å²) < 4.78 is 27.7. The van der Waals surface area contributed by atoms with E-state index in [1.807, 2.05) is 32.0 Å². The summed E-state index contributed by atoms with van der Waals surface area (Å²) in [6.07, 6.45) is 2.83. The highest BCUT2D eigenvalue weighted by molar-refractivity contribution is 7.89. The van der Waals surface area contributed by atoms with Crippen LogP contribution in [0.3, 0.4) is 0 Å². The Hall–Kier alpha value is -2.42. The van der Waals surface area contributed by atoms with E-state index < -0.39 is 21.8 Å². The average molecular weight is 478 g/mol. The lowest BCUT2D eigenvalue weighted by Crippen LogP contribution is -2.45. The molecule has 2 amide bonds. The van der Waals surface area contributed by atoms with E-state index in [0.717, 1.165) is 24.0 Å². The summed E-state index contributed by atoms with van der Waals surface area (Å²) >= 11 is 5.89. The largest absolute Gasteiger partial charge is 0.348 e. The zero-order valence-corrected chi connectivity index (χ0v) is 19.8. The maximum atomic E-state index is 13.1. The maximum Gasteiger partial charge on any atom is 0.313 e. The molecule has 2 N–H and O–H groups in total. The minimum atomic E-state index is -3.66. The van der Waals surface area contributed by atoms with Crippen LogP contribution in [0.25, 0.3) is 0 Å². The number of hydrogen-bond acceptors (Lipinski definition) is 4. The van der Waals surface area contributed by atoms with Crippen molar-refractivity contribution in [2.45, 2.75) is 50.5 Å². The molecule has 0 spiro atoms. The molecule has 0 aromatic heterocycles. The number of carbonyl (C=O) groups excluding carboxylic acids is 2. The molecule has 172 valence electrons. The van der Waals surface area contributed by atoms with Gasteiger partial charge in [-0.3, -0.25) is 9.59 Å². The Morgan fingerprint density at radius 2 is 1.69 bits per heavy atom. The van der Waals surface area contributed by atoms with Gasteiger partial charge in [-0.25, -0.2) is 8.42 Å². The van der Waals surface area contributed by atoms with Crippen molar-refractivity contribution >= 4 is 39.1 Å². The first kappa shape index (κ1) is 24.2. The average Bonchev–Trinajstić information content (AvgIpc) is 2.76. The number of para-hydroxylation sites is 1. The Bertz CT molecular complexity index is 1070. The third-order valence-electron chi connectivity index (χ3n) is 5.68. The fourth-order valence-corrected chi connectivity index (χ4v) is 5.78. The lowest BCUT2D eigenvalue weighted by molar-refractivity contribution is -0.136. The van der Waals surface area contributed by atoms with Crippen molar-refractivity contribution in [3.63, 3.8) is 0 Å². The molecule has 1 saturated heterocycles. The van der Waals surface area contributed by atoms with Gasteiger partial charge in [0.15, 0.2) is 0 Å². The first-order valence-electron chi connectivity index (χ1n) is 10.6. The summed E-state index contributed by atoms with van der Waals surface area (Å²) in [4.78, 5) is 24.8. The SMILES string of the molecule is Cc1cccc(C)c1NC(=O)C(=O)NCC[C@H]1CCCCN1S(=O)(=O)c1ccc(Cl)cc1. The molecule has 1 fully saturated rings. The first-order valence-corrected chi connectivity index (χ1v) is 12.4. The number of nitrogens with one attached hydrogen (secondary N) is 2. The number of rotatable bonds is 6. The fraction of sp³-hybridized carbons (Fsp3) is 0.391. The van der Waals surface area contributed by atoms with Crippen LogP contribution in [0.5, 0.6) is 0 Å². The van der Waals surface area contributed by atoms with Gasteiger partial charge in [-0.1, -0.05) is 36.2 Å². The quantitative estimate of drug-likeness (QED) is 0.621. The van der Waals surface area contributed by atoms with Crippen LogP contribution in [0.4, 0.5) is 5.69 Å². The van der Waals surface area contributed by atoms with Crippen LogP contribution in [-0.2, 0) is 19.6 Å². The van der Waals surface area contributed by atoms with Crippen LogP contribution in [0.15, 0.2) is 47.4 Å². The van der Waals surface area contributed by atoms with E-state index in [4.69, 9.17) is 11.6 Å². The summed E-state index contributed by atoms with van der Waals surface area (Å²) in [5.41, 5.74) is 2.37. The Balaban J connectivity index is 1.59. The molecule has 1 atom stereocenters. The third kappa shape index (κ3) is 5.68. The molecular weight excluding hydrogens is 450 g/mol. The smallest absolute Gasteiger partial charge is 0.313 e. The molecular formula is C23H28ClN3O4S. The lowest BCUT2D eigenvalue weighted by atomic mass is 10.0. The van der Waals surface area contributed by atoms with Crippen molar-refractivity contribution in [3.8, 4) is 0 Å². The predicted molar refractivity (Wildman–Crippen MR) is 125 cm³/mol. The van der Waals surface area contributed by atoms with E-state index in [2.05, 4.69) is 10.6 Å². The summed E-state index contributed by atoms with van der Waals surface area (Å²) in [5.74, 6) is -1.48. The number of carbonyl (C=O) groups is 2. The molecule has 32 heavy (non-hydrogen) atoms. The minimum absolute atomic E-state index is 0.200. The molecule has 0 unspecified atom stereocenters. The predicted octanol–water partition coefficient (Wildman–Crippen LogP) is 3.65. The second-order valence-corrected chi connectivity index (χ2v) is 10.3. The number of anilines is 1. The lowest BCUT2D eigenvalue weighted by Gasteiger charge is -2.34. The number of aryl methyl sites for hydroxylation is 2. The van der Waals surface area contributed by atoms with Gasteiger partial charge >= 0.3 is 11.8 Å². The van der Waals surface area contributed by atoms with E-state index in [9.17, 15) is 18.0 Å². The summed E-state index contributed by atoms with van der Waals surface area (Å²) in [5, 5.41) is 5.75. The van der Waals surface area contributed by atoms with Crippen molar-refractivity contribution in [3.05, 3.63) is 58.6 Å². The third-order valence-corrected chi connectivity index (χ3v) is 7.90. The summed E-state index contributed by atoms with van der Waals surface area (Å²) in [6.45, 7) is 4.35. The van der Waals surface area contributed by atoms with Crippen LogP contribution in [-0.4, -0.2) is 43.7 Å². The molecule has 0 radical (unpaired) electrons. The van der Waals surface area contributed by atoms with E-state index in [1.165, 1.54) is 16.4 Å². The van der Waals surface area contributed by atoms with Crippen molar-refractivity contribution in [1.82, 2.24) is 9.62 Å². The molecule has 1 heterocycles. The zero-order chi connectivity index (χ0) is 23.3. The van der Waals surface area contributed by atoms with E-state index in [0.29, 0.717) is 30.1 Å². The number of hydrogen-bond donors (Lipinski definition) is 2. The van der Waals surface area contributed by atoms with Gasteiger partial charge in [-0.15, -0.1) is 0 Å². The van der Waals surface area contributed by atoms with E-state index in [1.54, 1.807) is 12.1 Å². The number of piperidine rings is 1. The molecule has 2 aromatic rings. The van der Waals surface area contributed by atoms with Crippen LogP contribution >= 0.6 is 11.6 Å². The van der Waals surface area contributed by atoms with Gasteiger partial charge < -0.3 is 10.6 Å². The topological polar surface area (TPSA) is 95.6 Å². The van der Waals surface area contributed by atoms with Crippen molar-refractivity contribution in [2.24, 2.45) is 0 Å². The monoisotopic (exact) mass is 477 g/mol. The van der Waals surface area contributed by atoms with Gasteiger partial charge in [-0.2, -0.15) is 4.31 Å². The van der Waals surface area contributed by atoms with Gasteiger partial charge in [0.2, 0.25) is 10.0 Å². The number of halogens is 1. The second kappa shape index (κ2) is 10.5. The minimum Gasteiger partial charge on any atom is -0.348 e. The van der Waals surface area contributed by atoms with Gasteiger partial charge in [0.1, 0.15) is 0 Å². The first-order chi connectivity index (χ1) is 15.2.